The zero-order valence-electron chi connectivity index (χ0n) is 10.8. The van der Waals surface area contributed by atoms with Crippen molar-refractivity contribution in [2.24, 2.45) is 5.73 Å². The topological polar surface area (TPSA) is 127 Å². The fourth-order valence-corrected chi connectivity index (χ4v) is 3.32. The Balaban J connectivity index is 2.38. The van der Waals surface area contributed by atoms with Gasteiger partial charge >= 0.3 is 0 Å². The maximum absolute atomic E-state index is 14.1. The minimum atomic E-state index is -4.16. The van der Waals surface area contributed by atoms with E-state index in [0.717, 1.165) is 6.07 Å². The number of hydrogen-bond acceptors (Lipinski definition) is 6. The predicted octanol–water partition coefficient (Wildman–Crippen LogP) is 0.490. The Bertz CT molecular complexity index is 736. The molecule has 0 spiro atoms. The molecule has 1 aromatic carbocycles. The lowest BCUT2D eigenvalue weighted by molar-refractivity contribution is 0.537. The van der Waals surface area contributed by atoms with Crippen LogP contribution < -0.4 is 10.5 Å². The monoisotopic (exact) mass is 334 g/mol. The molecule has 21 heavy (non-hydrogen) atoms. The molecule has 11 heteroatoms. The third kappa shape index (κ3) is 3.35. The summed E-state index contributed by atoms with van der Waals surface area (Å²) in [5.74, 6) is -0.810. The van der Waals surface area contributed by atoms with Crippen LogP contribution in [0.15, 0.2) is 17.0 Å². The van der Waals surface area contributed by atoms with E-state index in [1.165, 1.54) is 13.0 Å². The van der Waals surface area contributed by atoms with Gasteiger partial charge in [0.1, 0.15) is 10.7 Å². The number of benzene rings is 1. The molecule has 0 saturated carbocycles. The number of aromatic amines is 1. The van der Waals surface area contributed by atoms with E-state index >= 15 is 0 Å². The number of nitrogens with zero attached hydrogens (tertiary/aromatic N) is 3. The minimum absolute atomic E-state index is 0.00934. The van der Waals surface area contributed by atoms with Gasteiger partial charge in [0, 0.05) is 17.1 Å². The Hall–Kier alpha value is -1.62. The summed E-state index contributed by atoms with van der Waals surface area (Å²) in [6.45, 7) is 1.32. The second-order valence-electron chi connectivity index (χ2n) is 4.19. The average molecular weight is 335 g/mol. The molecular weight excluding hydrogens is 323 g/mol. The largest absolute Gasteiger partial charge is 0.326 e. The van der Waals surface area contributed by atoms with Crippen molar-refractivity contribution in [1.29, 1.82) is 0 Å². The molecule has 0 fully saturated rings. The van der Waals surface area contributed by atoms with Crippen molar-refractivity contribution in [3.05, 3.63) is 34.4 Å². The number of nitrogens with one attached hydrogen (secondary N) is 2. The Morgan fingerprint density at radius 3 is 2.81 bits per heavy atom. The molecule has 1 unspecified atom stereocenters. The van der Waals surface area contributed by atoms with E-state index in [1.54, 1.807) is 0 Å². The van der Waals surface area contributed by atoms with Gasteiger partial charge in [-0.15, -0.1) is 10.2 Å². The van der Waals surface area contributed by atoms with E-state index in [9.17, 15) is 12.8 Å². The highest BCUT2D eigenvalue weighted by atomic mass is 35.5. The molecule has 0 amide bonds. The third-order valence-electron chi connectivity index (χ3n) is 2.67. The van der Waals surface area contributed by atoms with Crippen LogP contribution in [0.1, 0.15) is 24.4 Å². The van der Waals surface area contributed by atoms with Gasteiger partial charge in [0.15, 0.2) is 5.82 Å². The molecule has 0 bridgehead atoms. The molecule has 114 valence electrons. The molecule has 0 aliphatic heterocycles. The van der Waals surface area contributed by atoms with Gasteiger partial charge < -0.3 is 5.73 Å². The van der Waals surface area contributed by atoms with Crippen molar-refractivity contribution in [3.63, 3.8) is 0 Å². The summed E-state index contributed by atoms with van der Waals surface area (Å²) < 4.78 is 40.9. The van der Waals surface area contributed by atoms with Crippen LogP contribution in [0.5, 0.6) is 0 Å². The smallest absolute Gasteiger partial charge is 0.244 e. The maximum Gasteiger partial charge on any atom is 0.244 e. The molecule has 0 saturated heterocycles. The van der Waals surface area contributed by atoms with Crippen molar-refractivity contribution >= 4 is 21.6 Å². The zero-order valence-corrected chi connectivity index (χ0v) is 12.4. The highest BCUT2D eigenvalue weighted by Crippen LogP contribution is 2.24. The fraction of sp³-hybridized carbons (Fsp3) is 0.300. The number of sulfonamides is 1. The molecule has 1 heterocycles. The Kier molecular flexibility index (Phi) is 4.52. The van der Waals surface area contributed by atoms with E-state index in [-0.39, 0.29) is 23.0 Å². The lowest BCUT2D eigenvalue weighted by Crippen LogP contribution is -2.28. The minimum Gasteiger partial charge on any atom is -0.326 e. The number of tetrazole rings is 1. The van der Waals surface area contributed by atoms with Gasteiger partial charge in [-0.1, -0.05) is 16.8 Å². The summed E-state index contributed by atoms with van der Waals surface area (Å²) in [6, 6.07) is 1.49. The average Bonchev–Trinajstić information content (AvgIpc) is 2.94. The molecule has 1 atom stereocenters. The van der Waals surface area contributed by atoms with Crippen LogP contribution in [0.2, 0.25) is 5.02 Å². The van der Waals surface area contributed by atoms with Crippen LogP contribution in [0, 0.1) is 5.82 Å². The molecule has 8 nitrogen and oxygen atoms in total. The fourth-order valence-electron chi connectivity index (χ4n) is 1.66. The molecule has 2 aromatic rings. The predicted molar refractivity (Wildman–Crippen MR) is 72.2 cm³/mol. The highest BCUT2D eigenvalue weighted by Gasteiger charge is 2.25. The van der Waals surface area contributed by atoms with Crippen LogP contribution in [-0.4, -0.2) is 29.0 Å². The first-order valence-corrected chi connectivity index (χ1v) is 7.65. The van der Waals surface area contributed by atoms with Crippen molar-refractivity contribution < 1.29 is 12.8 Å². The van der Waals surface area contributed by atoms with Gasteiger partial charge in [0.25, 0.3) is 0 Å². The molecule has 2 rings (SSSR count). The van der Waals surface area contributed by atoms with Gasteiger partial charge in [0.2, 0.25) is 10.0 Å². The van der Waals surface area contributed by atoms with Crippen LogP contribution in [0.3, 0.4) is 0 Å². The summed E-state index contributed by atoms with van der Waals surface area (Å²) in [5.41, 5.74) is 5.37. The second-order valence-corrected chi connectivity index (χ2v) is 6.31. The molecule has 0 radical (unpaired) electrons. The number of H-pyrrole nitrogens is 1. The molecular formula is C10H12ClFN6O2S. The Morgan fingerprint density at radius 2 is 2.24 bits per heavy atom. The van der Waals surface area contributed by atoms with Crippen molar-refractivity contribution in [3.8, 4) is 0 Å². The molecule has 0 aliphatic rings. The van der Waals surface area contributed by atoms with E-state index in [2.05, 4.69) is 25.3 Å². The lowest BCUT2D eigenvalue weighted by Gasteiger charge is -2.13. The van der Waals surface area contributed by atoms with Crippen LogP contribution in [-0.2, 0) is 16.6 Å². The van der Waals surface area contributed by atoms with Gasteiger partial charge in [-0.2, -0.15) is 5.21 Å². The van der Waals surface area contributed by atoms with E-state index < -0.39 is 26.8 Å². The summed E-state index contributed by atoms with van der Waals surface area (Å²) >= 11 is 5.79. The number of hydrogen-bond donors (Lipinski definition) is 3. The van der Waals surface area contributed by atoms with Gasteiger partial charge in [-0.05, 0) is 19.1 Å². The van der Waals surface area contributed by atoms with Crippen LogP contribution in [0.4, 0.5) is 4.39 Å². The first kappa shape index (κ1) is 15.8. The van der Waals surface area contributed by atoms with Gasteiger partial charge in [0.05, 0.1) is 6.04 Å². The van der Waals surface area contributed by atoms with E-state index in [1.807, 2.05) is 0 Å². The molecule has 1 aromatic heterocycles. The van der Waals surface area contributed by atoms with Crippen molar-refractivity contribution in [2.75, 3.05) is 0 Å². The Morgan fingerprint density at radius 1 is 1.52 bits per heavy atom. The zero-order chi connectivity index (χ0) is 15.6. The quantitative estimate of drug-likeness (QED) is 0.730. The number of rotatable bonds is 5. The highest BCUT2D eigenvalue weighted by molar-refractivity contribution is 7.89. The van der Waals surface area contributed by atoms with Crippen LogP contribution in [0.25, 0.3) is 0 Å². The summed E-state index contributed by atoms with van der Waals surface area (Å²) in [7, 11) is -4.16. The summed E-state index contributed by atoms with van der Waals surface area (Å²) in [5, 5.41) is 12.9. The molecule has 0 aliphatic carbocycles. The lowest BCUT2D eigenvalue weighted by atomic mass is 10.2. The second kappa shape index (κ2) is 6.02. The number of nitrogens with two attached hydrogens (primary N) is 1. The SMILES string of the molecule is CC(NS(=O)(=O)c1cc(Cl)cc(CN)c1F)c1nn[nH]n1. The number of aromatic nitrogens is 4. The first-order valence-electron chi connectivity index (χ1n) is 5.79. The first-order chi connectivity index (χ1) is 9.85. The standard InChI is InChI=1S/C10H12ClFN6O2S/c1-5(10-14-17-18-15-10)16-21(19,20)8-3-7(11)2-6(4-13)9(8)12/h2-3,5,16H,4,13H2,1H3,(H,14,15,17,18). The van der Waals surface area contributed by atoms with Crippen molar-refractivity contribution in [2.45, 2.75) is 24.4 Å². The normalized spacial score (nSPS) is 13.3. The van der Waals surface area contributed by atoms with Crippen LogP contribution >= 0.6 is 11.6 Å². The third-order valence-corrected chi connectivity index (χ3v) is 4.43. The maximum atomic E-state index is 14.1. The van der Waals surface area contributed by atoms with E-state index in [0.29, 0.717) is 0 Å². The van der Waals surface area contributed by atoms with Crippen molar-refractivity contribution in [1.82, 2.24) is 25.3 Å². The number of halogens is 2. The summed E-state index contributed by atoms with van der Waals surface area (Å²) in [4.78, 5) is -0.578. The van der Waals surface area contributed by atoms with Gasteiger partial charge in [-0.3, -0.25) is 0 Å². The Labute approximate surface area is 124 Å². The van der Waals surface area contributed by atoms with E-state index in [4.69, 9.17) is 17.3 Å². The van der Waals surface area contributed by atoms with Gasteiger partial charge in [-0.25, -0.2) is 17.5 Å². The summed E-state index contributed by atoms with van der Waals surface area (Å²) in [6.07, 6.45) is 0. The molecule has 4 N–H and O–H groups in total.